The summed E-state index contributed by atoms with van der Waals surface area (Å²) in [5.74, 6) is 0.514. The van der Waals surface area contributed by atoms with Gasteiger partial charge in [-0.3, -0.25) is 4.79 Å². The van der Waals surface area contributed by atoms with Gasteiger partial charge in [-0.05, 0) is 36.8 Å². The lowest BCUT2D eigenvalue weighted by Gasteiger charge is -2.22. The van der Waals surface area contributed by atoms with Crippen molar-refractivity contribution in [3.8, 4) is 5.75 Å². The largest absolute Gasteiger partial charge is 0.481 e. The van der Waals surface area contributed by atoms with Gasteiger partial charge in [-0.15, -0.1) is 0 Å². The number of rotatable bonds is 6. The van der Waals surface area contributed by atoms with Crippen LogP contribution in [0.4, 0.5) is 4.39 Å². The summed E-state index contributed by atoms with van der Waals surface area (Å²) in [6, 6.07) is 14.8. The normalized spacial score (nSPS) is 13.0. The topological polar surface area (TPSA) is 56.1 Å². The van der Waals surface area contributed by atoms with E-state index in [1.807, 2.05) is 48.1 Å². The zero-order valence-electron chi connectivity index (χ0n) is 14.6. The smallest absolute Gasteiger partial charge is 0.261 e. The van der Waals surface area contributed by atoms with Gasteiger partial charge >= 0.3 is 0 Å². The van der Waals surface area contributed by atoms with E-state index in [0.717, 1.165) is 11.4 Å². The van der Waals surface area contributed by atoms with E-state index in [1.54, 1.807) is 13.1 Å². The monoisotopic (exact) mass is 353 g/mol. The predicted molar refractivity (Wildman–Crippen MR) is 96.1 cm³/mol. The van der Waals surface area contributed by atoms with Crippen LogP contribution < -0.4 is 10.1 Å². The maximum absolute atomic E-state index is 13.0. The molecule has 3 aromatic rings. The summed E-state index contributed by atoms with van der Waals surface area (Å²) in [6.07, 6.45) is 2.78. The minimum absolute atomic E-state index is 0.286. The van der Waals surface area contributed by atoms with Crippen LogP contribution in [0.25, 0.3) is 0 Å². The molecule has 0 aliphatic heterocycles. The van der Waals surface area contributed by atoms with E-state index in [-0.39, 0.29) is 11.7 Å². The van der Waals surface area contributed by atoms with E-state index in [9.17, 15) is 9.18 Å². The van der Waals surface area contributed by atoms with Crippen LogP contribution in [-0.4, -0.2) is 21.6 Å². The Morgan fingerprint density at radius 1 is 1.15 bits per heavy atom. The van der Waals surface area contributed by atoms with Crippen molar-refractivity contribution >= 4 is 5.91 Å². The molecule has 134 valence electrons. The molecule has 5 nitrogen and oxygen atoms in total. The molecule has 6 heteroatoms. The number of carbonyl (C=O) groups is 1. The fraction of sp³-hybridized carbons (Fsp3) is 0.200. The third-order valence-corrected chi connectivity index (χ3v) is 4.03. The number of nitrogens with one attached hydrogen (secondary N) is 1. The lowest BCUT2D eigenvalue weighted by atomic mass is 10.1. The van der Waals surface area contributed by atoms with E-state index in [1.165, 1.54) is 24.3 Å². The Morgan fingerprint density at radius 3 is 2.46 bits per heavy atom. The number of benzene rings is 2. The molecule has 0 saturated heterocycles. The minimum atomic E-state index is -0.744. The molecule has 0 radical (unpaired) electrons. The van der Waals surface area contributed by atoms with Gasteiger partial charge in [0.25, 0.3) is 5.91 Å². The Bertz CT molecular complexity index is 862. The molecule has 2 atom stereocenters. The van der Waals surface area contributed by atoms with Crippen molar-refractivity contribution in [1.29, 1.82) is 0 Å². The maximum Gasteiger partial charge on any atom is 0.261 e. The fourth-order valence-corrected chi connectivity index (χ4v) is 2.63. The minimum Gasteiger partial charge on any atom is -0.481 e. The first-order valence-corrected chi connectivity index (χ1v) is 8.29. The number of imidazole rings is 1. The molecule has 1 heterocycles. The van der Waals surface area contributed by atoms with E-state index in [2.05, 4.69) is 10.3 Å². The average Bonchev–Trinajstić information content (AvgIpc) is 3.07. The summed E-state index contributed by atoms with van der Waals surface area (Å²) in [7, 11) is 1.88. The number of nitrogens with zero attached hydrogens (tertiary/aromatic N) is 2. The van der Waals surface area contributed by atoms with Crippen LogP contribution in [0, 0.1) is 5.82 Å². The second-order valence-electron chi connectivity index (χ2n) is 5.96. The molecule has 2 unspecified atom stereocenters. The number of hydrogen-bond acceptors (Lipinski definition) is 3. The van der Waals surface area contributed by atoms with Crippen LogP contribution in [0.5, 0.6) is 5.75 Å². The summed E-state index contributed by atoms with van der Waals surface area (Å²) in [5.41, 5.74) is 0.920. The standard InChI is InChI=1S/C20H20FN3O2/c1-14(26-17-10-8-16(21)9-11-17)20(25)23-18(15-6-4-3-5-7-15)19-22-12-13-24(19)2/h3-14,18H,1-2H3,(H,23,25). The molecule has 0 bridgehead atoms. The Morgan fingerprint density at radius 2 is 1.85 bits per heavy atom. The van der Waals surface area contributed by atoms with Crippen LogP contribution in [0.3, 0.4) is 0 Å². The maximum atomic E-state index is 13.0. The van der Waals surface area contributed by atoms with E-state index < -0.39 is 12.1 Å². The third kappa shape index (κ3) is 4.08. The first-order chi connectivity index (χ1) is 12.5. The SMILES string of the molecule is CC(Oc1ccc(F)cc1)C(=O)NC(c1ccccc1)c1nccn1C. The molecule has 26 heavy (non-hydrogen) atoms. The first kappa shape index (κ1) is 17.7. The zero-order valence-corrected chi connectivity index (χ0v) is 14.6. The second kappa shape index (κ2) is 7.82. The van der Waals surface area contributed by atoms with E-state index >= 15 is 0 Å². The molecule has 0 spiro atoms. The van der Waals surface area contributed by atoms with Gasteiger partial charge < -0.3 is 14.6 Å². The van der Waals surface area contributed by atoms with Crippen LogP contribution in [0.1, 0.15) is 24.4 Å². The second-order valence-corrected chi connectivity index (χ2v) is 5.96. The molecule has 1 N–H and O–H groups in total. The number of halogens is 1. The quantitative estimate of drug-likeness (QED) is 0.740. The molecule has 0 fully saturated rings. The Kier molecular flexibility index (Phi) is 5.31. The molecule has 0 aliphatic carbocycles. The Hall–Kier alpha value is -3.15. The number of ether oxygens (including phenoxy) is 1. The van der Waals surface area contributed by atoms with Crippen molar-refractivity contribution < 1.29 is 13.9 Å². The zero-order chi connectivity index (χ0) is 18.5. The molecular weight excluding hydrogens is 333 g/mol. The van der Waals surface area contributed by atoms with Crippen molar-refractivity contribution in [1.82, 2.24) is 14.9 Å². The summed E-state index contributed by atoms with van der Waals surface area (Å²) in [6.45, 7) is 1.65. The molecule has 0 aliphatic rings. The van der Waals surface area contributed by atoms with E-state index in [4.69, 9.17) is 4.74 Å². The number of amides is 1. The van der Waals surface area contributed by atoms with Gasteiger partial charge in [-0.25, -0.2) is 9.37 Å². The van der Waals surface area contributed by atoms with Gasteiger partial charge in [0.2, 0.25) is 0 Å². The van der Waals surface area contributed by atoms with Crippen molar-refractivity contribution in [2.45, 2.75) is 19.1 Å². The molecule has 2 aromatic carbocycles. The highest BCUT2D eigenvalue weighted by Gasteiger charge is 2.24. The highest BCUT2D eigenvalue weighted by Crippen LogP contribution is 2.21. The lowest BCUT2D eigenvalue weighted by molar-refractivity contribution is -0.127. The summed E-state index contributed by atoms with van der Waals surface area (Å²) in [5, 5.41) is 2.99. The van der Waals surface area contributed by atoms with Crippen LogP contribution in [0.15, 0.2) is 67.0 Å². The number of carbonyl (C=O) groups excluding carboxylic acids is 1. The van der Waals surface area contributed by atoms with Gasteiger partial charge in [0, 0.05) is 19.4 Å². The average molecular weight is 353 g/mol. The predicted octanol–water partition coefficient (Wildman–Crippen LogP) is 3.23. The Balaban J connectivity index is 1.77. The van der Waals surface area contributed by atoms with Gasteiger partial charge in [-0.2, -0.15) is 0 Å². The van der Waals surface area contributed by atoms with E-state index in [0.29, 0.717) is 5.75 Å². The summed E-state index contributed by atoms with van der Waals surface area (Å²) in [4.78, 5) is 17.0. The van der Waals surface area contributed by atoms with Gasteiger partial charge in [0.1, 0.15) is 23.4 Å². The molecule has 1 amide bonds. The molecule has 1 aromatic heterocycles. The molecule has 3 rings (SSSR count). The first-order valence-electron chi connectivity index (χ1n) is 8.29. The summed E-state index contributed by atoms with van der Waals surface area (Å²) >= 11 is 0. The van der Waals surface area contributed by atoms with Gasteiger partial charge in [-0.1, -0.05) is 30.3 Å². The molecular formula is C20H20FN3O2. The number of aryl methyl sites for hydroxylation is 1. The van der Waals surface area contributed by atoms with Crippen LogP contribution in [-0.2, 0) is 11.8 Å². The van der Waals surface area contributed by atoms with Crippen molar-refractivity contribution in [3.05, 3.63) is 84.2 Å². The number of hydrogen-bond donors (Lipinski definition) is 1. The summed E-state index contributed by atoms with van der Waals surface area (Å²) < 4.78 is 20.5. The van der Waals surface area contributed by atoms with Crippen molar-refractivity contribution in [2.75, 3.05) is 0 Å². The molecule has 0 saturated carbocycles. The Labute approximate surface area is 151 Å². The van der Waals surface area contributed by atoms with Gasteiger partial charge in [0.15, 0.2) is 6.10 Å². The highest BCUT2D eigenvalue weighted by atomic mass is 19.1. The lowest BCUT2D eigenvalue weighted by Crippen LogP contribution is -2.39. The number of aromatic nitrogens is 2. The fourth-order valence-electron chi connectivity index (χ4n) is 2.63. The van der Waals surface area contributed by atoms with Crippen LogP contribution in [0.2, 0.25) is 0 Å². The van der Waals surface area contributed by atoms with Gasteiger partial charge in [0.05, 0.1) is 0 Å². The van der Waals surface area contributed by atoms with Crippen LogP contribution >= 0.6 is 0 Å². The van der Waals surface area contributed by atoms with Crippen molar-refractivity contribution in [3.63, 3.8) is 0 Å². The third-order valence-electron chi connectivity index (χ3n) is 4.03. The van der Waals surface area contributed by atoms with Crippen molar-refractivity contribution in [2.24, 2.45) is 7.05 Å². The highest BCUT2D eigenvalue weighted by molar-refractivity contribution is 5.81.